The Hall–Kier alpha value is -1.88. The molecule has 5 nitrogen and oxygen atoms in total. The van der Waals surface area contributed by atoms with Crippen molar-refractivity contribution in [1.29, 1.82) is 0 Å². The van der Waals surface area contributed by atoms with Crippen molar-refractivity contribution in [1.82, 2.24) is 5.32 Å². The van der Waals surface area contributed by atoms with E-state index in [1.807, 2.05) is 30.3 Å². The molecule has 0 saturated carbocycles. The topological polar surface area (TPSA) is 64.6 Å². The minimum absolute atomic E-state index is 0.435. The number of hydrogen-bond acceptors (Lipinski definition) is 4. The fourth-order valence-corrected chi connectivity index (χ4v) is 1.65. The van der Waals surface area contributed by atoms with Gasteiger partial charge >= 0.3 is 5.97 Å². The third-order valence-electron chi connectivity index (χ3n) is 2.65. The highest BCUT2D eigenvalue weighted by Gasteiger charge is 2.17. The van der Waals surface area contributed by atoms with Crippen molar-refractivity contribution >= 4 is 12.4 Å². The number of ether oxygens (including phenoxy) is 2. The number of esters is 1. The van der Waals surface area contributed by atoms with Gasteiger partial charge in [0.2, 0.25) is 6.41 Å². The predicted molar refractivity (Wildman–Crippen MR) is 70.3 cm³/mol. The molecule has 1 aromatic rings. The third-order valence-corrected chi connectivity index (χ3v) is 2.65. The average molecular weight is 265 g/mol. The quantitative estimate of drug-likeness (QED) is 0.415. The van der Waals surface area contributed by atoms with E-state index in [4.69, 9.17) is 4.74 Å². The second-order valence-electron chi connectivity index (χ2n) is 4.04. The molecule has 0 spiro atoms. The first-order valence-electron chi connectivity index (χ1n) is 6.17. The van der Waals surface area contributed by atoms with Crippen molar-refractivity contribution in [3.8, 4) is 0 Å². The van der Waals surface area contributed by atoms with E-state index in [1.165, 1.54) is 7.11 Å². The van der Waals surface area contributed by atoms with Gasteiger partial charge in [-0.2, -0.15) is 0 Å². The van der Waals surface area contributed by atoms with E-state index < -0.39 is 12.0 Å². The monoisotopic (exact) mass is 265 g/mol. The first kappa shape index (κ1) is 15.2. The molecule has 0 bridgehead atoms. The molecule has 0 heterocycles. The van der Waals surface area contributed by atoms with Crippen molar-refractivity contribution in [3.63, 3.8) is 0 Å². The summed E-state index contributed by atoms with van der Waals surface area (Å²) in [6.45, 7) is 1.08. The molecule has 0 radical (unpaired) electrons. The van der Waals surface area contributed by atoms with Gasteiger partial charge in [-0.1, -0.05) is 30.3 Å². The molecule has 1 aromatic carbocycles. The molecule has 0 aromatic heterocycles. The molecule has 0 aliphatic rings. The molecule has 1 amide bonds. The number of nitrogens with one attached hydrogen (secondary N) is 1. The van der Waals surface area contributed by atoms with E-state index in [2.05, 4.69) is 10.1 Å². The van der Waals surface area contributed by atoms with Gasteiger partial charge in [-0.15, -0.1) is 0 Å². The lowest BCUT2D eigenvalue weighted by molar-refractivity contribution is -0.144. The summed E-state index contributed by atoms with van der Waals surface area (Å²) in [4.78, 5) is 21.7. The second kappa shape index (κ2) is 9.10. The third kappa shape index (κ3) is 6.01. The van der Waals surface area contributed by atoms with Crippen molar-refractivity contribution in [3.05, 3.63) is 35.9 Å². The summed E-state index contributed by atoms with van der Waals surface area (Å²) in [7, 11) is 1.30. The maximum Gasteiger partial charge on any atom is 0.328 e. The van der Waals surface area contributed by atoms with Crippen LogP contribution in [0.4, 0.5) is 0 Å². The van der Waals surface area contributed by atoms with Crippen molar-refractivity contribution in [2.24, 2.45) is 0 Å². The SMILES string of the molecule is COC(=O)C(CCCOCc1ccccc1)NC=O. The van der Waals surface area contributed by atoms with Crippen molar-refractivity contribution in [2.45, 2.75) is 25.5 Å². The number of rotatable bonds is 9. The smallest absolute Gasteiger partial charge is 0.328 e. The predicted octanol–water partition coefficient (Wildman–Crippen LogP) is 1.27. The zero-order chi connectivity index (χ0) is 13.9. The van der Waals surface area contributed by atoms with Crippen LogP contribution in [0.5, 0.6) is 0 Å². The van der Waals surface area contributed by atoms with E-state index in [9.17, 15) is 9.59 Å². The fourth-order valence-electron chi connectivity index (χ4n) is 1.65. The Morgan fingerprint density at radius 3 is 2.74 bits per heavy atom. The maximum absolute atomic E-state index is 11.3. The van der Waals surface area contributed by atoms with Crippen LogP contribution in [-0.2, 0) is 25.7 Å². The summed E-state index contributed by atoms with van der Waals surface area (Å²) in [5.41, 5.74) is 1.11. The summed E-state index contributed by atoms with van der Waals surface area (Å²) < 4.78 is 10.1. The van der Waals surface area contributed by atoms with Crippen LogP contribution in [0.2, 0.25) is 0 Å². The first-order chi connectivity index (χ1) is 9.27. The van der Waals surface area contributed by atoms with Gasteiger partial charge in [0.15, 0.2) is 0 Å². The fraction of sp³-hybridized carbons (Fsp3) is 0.429. The molecular formula is C14H19NO4. The lowest BCUT2D eigenvalue weighted by Crippen LogP contribution is -2.36. The molecule has 19 heavy (non-hydrogen) atoms. The van der Waals surface area contributed by atoms with Gasteiger partial charge in [-0.25, -0.2) is 4.79 Å². The van der Waals surface area contributed by atoms with Gasteiger partial charge in [0.05, 0.1) is 13.7 Å². The van der Waals surface area contributed by atoms with E-state index in [0.29, 0.717) is 32.5 Å². The zero-order valence-electron chi connectivity index (χ0n) is 11.0. The van der Waals surface area contributed by atoms with Crippen LogP contribution in [-0.4, -0.2) is 32.1 Å². The van der Waals surface area contributed by atoms with E-state index in [-0.39, 0.29) is 0 Å². The Morgan fingerprint density at radius 1 is 1.37 bits per heavy atom. The molecule has 1 unspecified atom stereocenters. The Labute approximate surface area is 112 Å². The van der Waals surface area contributed by atoms with Crippen LogP contribution >= 0.6 is 0 Å². The Morgan fingerprint density at radius 2 is 2.11 bits per heavy atom. The number of methoxy groups -OCH3 is 1. The molecule has 0 aliphatic carbocycles. The van der Waals surface area contributed by atoms with E-state index >= 15 is 0 Å². The van der Waals surface area contributed by atoms with Crippen LogP contribution in [0.1, 0.15) is 18.4 Å². The summed E-state index contributed by atoms with van der Waals surface area (Å²) >= 11 is 0. The molecule has 104 valence electrons. The lowest BCUT2D eigenvalue weighted by Gasteiger charge is -2.13. The van der Waals surface area contributed by atoms with Gasteiger partial charge in [-0.05, 0) is 18.4 Å². The minimum Gasteiger partial charge on any atom is -0.467 e. The number of amides is 1. The number of benzene rings is 1. The largest absolute Gasteiger partial charge is 0.467 e. The average Bonchev–Trinajstić information content (AvgIpc) is 2.46. The van der Waals surface area contributed by atoms with Crippen LogP contribution in [0.25, 0.3) is 0 Å². The van der Waals surface area contributed by atoms with Crippen LogP contribution in [0.3, 0.4) is 0 Å². The van der Waals surface area contributed by atoms with Crippen LogP contribution in [0, 0.1) is 0 Å². The molecule has 0 aliphatic heterocycles. The van der Waals surface area contributed by atoms with Gasteiger partial charge in [0.1, 0.15) is 6.04 Å². The molecular weight excluding hydrogens is 246 g/mol. The van der Waals surface area contributed by atoms with Crippen LogP contribution in [0.15, 0.2) is 30.3 Å². The van der Waals surface area contributed by atoms with Crippen molar-refractivity contribution in [2.75, 3.05) is 13.7 Å². The molecule has 1 N–H and O–H groups in total. The Bertz CT molecular complexity index is 380. The number of hydrogen-bond donors (Lipinski definition) is 1. The van der Waals surface area contributed by atoms with Crippen LogP contribution < -0.4 is 5.32 Å². The zero-order valence-corrected chi connectivity index (χ0v) is 11.0. The molecule has 5 heteroatoms. The molecule has 1 atom stereocenters. The highest BCUT2D eigenvalue weighted by Crippen LogP contribution is 2.03. The van der Waals surface area contributed by atoms with E-state index in [0.717, 1.165) is 5.56 Å². The summed E-state index contributed by atoms with van der Waals surface area (Å²) in [5.74, 6) is -0.435. The standard InChI is InChI=1S/C14H19NO4/c1-18-14(17)13(15-11-16)8-5-9-19-10-12-6-3-2-4-7-12/h2-4,6-7,11,13H,5,8-10H2,1H3,(H,15,16). The van der Waals surface area contributed by atoms with E-state index in [1.54, 1.807) is 0 Å². The van der Waals surface area contributed by atoms with Gasteiger partial charge in [0.25, 0.3) is 0 Å². The van der Waals surface area contributed by atoms with Gasteiger partial charge in [0, 0.05) is 6.61 Å². The summed E-state index contributed by atoms with van der Waals surface area (Å²) in [6.07, 6.45) is 1.68. The normalized spacial score (nSPS) is 11.6. The maximum atomic E-state index is 11.3. The highest BCUT2D eigenvalue weighted by molar-refractivity contribution is 5.77. The van der Waals surface area contributed by atoms with Crippen molar-refractivity contribution < 1.29 is 19.1 Å². The first-order valence-corrected chi connectivity index (χ1v) is 6.17. The summed E-state index contributed by atoms with van der Waals surface area (Å²) in [6, 6.07) is 9.26. The highest BCUT2D eigenvalue weighted by atomic mass is 16.5. The summed E-state index contributed by atoms with van der Waals surface area (Å²) in [5, 5.41) is 2.43. The number of carbonyl (C=O) groups is 2. The minimum atomic E-state index is -0.595. The Balaban J connectivity index is 2.18. The number of carbonyl (C=O) groups excluding carboxylic acids is 2. The van der Waals surface area contributed by atoms with Gasteiger partial charge in [-0.3, -0.25) is 4.79 Å². The molecule has 0 fully saturated rings. The Kier molecular flexibility index (Phi) is 7.27. The molecule has 1 rings (SSSR count). The second-order valence-corrected chi connectivity index (χ2v) is 4.04. The lowest BCUT2D eigenvalue weighted by atomic mass is 10.1. The molecule has 0 saturated heterocycles. The van der Waals surface area contributed by atoms with Gasteiger partial charge < -0.3 is 14.8 Å².